The van der Waals surface area contributed by atoms with E-state index in [0.29, 0.717) is 12.4 Å². The highest BCUT2D eigenvalue weighted by atomic mass is 16.6. The van der Waals surface area contributed by atoms with Crippen molar-refractivity contribution in [3.63, 3.8) is 0 Å². The Labute approximate surface area is 250 Å². The lowest BCUT2D eigenvalue weighted by atomic mass is 9.78. The van der Waals surface area contributed by atoms with E-state index in [4.69, 9.17) is 18.9 Å². The normalized spacial score (nSPS) is 15.6. The zero-order valence-corrected chi connectivity index (χ0v) is 25.3. The average Bonchev–Trinajstić information content (AvgIpc) is 3.83. The van der Waals surface area contributed by atoms with Crippen LogP contribution in [0.3, 0.4) is 0 Å². The predicted molar refractivity (Wildman–Crippen MR) is 167 cm³/mol. The molecule has 0 aromatic heterocycles. The van der Waals surface area contributed by atoms with E-state index in [1.54, 1.807) is 0 Å². The maximum atomic E-state index is 10.5. The van der Waals surface area contributed by atoms with Crippen LogP contribution in [-0.2, 0) is 15.6 Å². The van der Waals surface area contributed by atoms with Gasteiger partial charge in [0.15, 0.2) is 0 Å². The maximum absolute atomic E-state index is 10.5. The van der Waals surface area contributed by atoms with E-state index < -0.39 is 6.10 Å². The van der Waals surface area contributed by atoms with E-state index in [9.17, 15) is 5.11 Å². The summed E-state index contributed by atoms with van der Waals surface area (Å²) >= 11 is 0. The molecule has 5 rings (SSSR count). The Kier molecular flexibility index (Phi) is 8.91. The summed E-state index contributed by atoms with van der Waals surface area (Å²) in [5, 5.41) is 10.5. The van der Waals surface area contributed by atoms with Gasteiger partial charge in [0.05, 0.1) is 6.61 Å². The fourth-order valence-electron chi connectivity index (χ4n) is 4.99. The van der Waals surface area contributed by atoms with Crippen molar-refractivity contribution in [2.75, 3.05) is 26.4 Å². The SMILES string of the molecule is Cc1ccc(C(C)(C)c2ccc(OCC(O)COc3ccc(C(C)(C)c4ccc(OCC5CO5)cc4)cc3)cc2)cc1. The summed E-state index contributed by atoms with van der Waals surface area (Å²) in [6.45, 7) is 12.6. The number of aliphatic hydroxyl groups is 1. The summed E-state index contributed by atoms with van der Waals surface area (Å²) in [6.07, 6.45) is -0.507. The van der Waals surface area contributed by atoms with Crippen molar-refractivity contribution < 1.29 is 24.1 Å². The topological polar surface area (TPSA) is 60.5 Å². The Morgan fingerprint density at radius 2 is 0.952 bits per heavy atom. The molecule has 4 aromatic rings. The average molecular weight is 567 g/mol. The number of rotatable bonds is 13. The number of epoxide rings is 1. The molecule has 5 heteroatoms. The van der Waals surface area contributed by atoms with Gasteiger partial charge in [-0.3, -0.25) is 0 Å². The monoisotopic (exact) mass is 566 g/mol. The second kappa shape index (κ2) is 12.6. The quantitative estimate of drug-likeness (QED) is 0.173. The van der Waals surface area contributed by atoms with Crippen molar-refractivity contribution >= 4 is 0 Å². The fourth-order valence-corrected chi connectivity index (χ4v) is 4.99. The molecular formula is C37H42O5. The molecule has 1 saturated heterocycles. The molecule has 1 N–H and O–H groups in total. The molecule has 42 heavy (non-hydrogen) atoms. The molecule has 0 saturated carbocycles. The zero-order chi connectivity index (χ0) is 29.7. The van der Waals surface area contributed by atoms with Crippen LogP contribution in [0, 0.1) is 6.92 Å². The van der Waals surface area contributed by atoms with Crippen molar-refractivity contribution in [1.82, 2.24) is 0 Å². The second-order valence-corrected chi connectivity index (χ2v) is 12.2. The number of benzene rings is 4. The second-order valence-electron chi connectivity index (χ2n) is 12.2. The van der Waals surface area contributed by atoms with Gasteiger partial charge in [-0.05, 0) is 65.6 Å². The van der Waals surface area contributed by atoms with Crippen molar-refractivity contribution in [1.29, 1.82) is 0 Å². The molecule has 0 aliphatic carbocycles. The number of aliphatic hydroxyl groups excluding tert-OH is 1. The molecule has 1 aliphatic heterocycles. The van der Waals surface area contributed by atoms with Crippen LogP contribution in [0.25, 0.3) is 0 Å². The van der Waals surface area contributed by atoms with Gasteiger partial charge in [-0.1, -0.05) is 93.9 Å². The molecular weight excluding hydrogens is 524 g/mol. The van der Waals surface area contributed by atoms with E-state index in [0.717, 1.165) is 18.1 Å². The summed E-state index contributed by atoms with van der Waals surface area (Å²) < 4.78 is 22.7. The molecule has 2 atom stereocenters. The van der Waals surface area contributed by atoms with Crippen LogP contribution in [0.15, 0.2) is 97.1 Å². The van der Waals surface area contributed by atoms with Gasteiger partial charge < -0.3 is 24.1 Å². The highest BCUT2D eigenvalue weighted by molar-refractivity contribution is 5.42. The molecule has 0 bridgehead atoms. The van der Waals surface area contributed by atoms with Gasteiger partial charge in [-0.15, -0.1) is 0 Å². The molecule has 0 amide bonds. The minimum atomic E-state index is -0.753. The van der Waals surface area contributed by atoms with E-state index in [1.807, 2.05) is 36.4 Å². The first-order chi connectivity index (χ1) is 20.1. The van der Waals surface area contributed by atoms with Crippen molar-refractivity contribution in [3.8, 4) is 17.2 Å². The maximum Gasteiger partial charge on any atom is 0.122 e. The third-order valence-electron chi connectivity index (χ3n) is 8.22. The molecule has 4 aromatic carbocycles. The third kappa shape index (κ3) is 7.33. The van der Waals surface area contributed by atoms with E-state index in [-0.39, 0.29) is 30.1 Å². The Morgan fingerprint density at radius 1 is 0.619 bits per heavy atom. The van der Waals surface area contributed by atoms with Gasteiger partial charge >= 0.3 is 0 Å². The van der Waals surface area contributed by atoms with Crippen LogP contribution in [0.2, 0.25) is 0 Å². The number of ether oxygens (including phenoxy) is 4. The first kappa shape index (κ1) is 29.7. The van der Waals surface area contributed by atoms with Gasteiger partial charge in [0.2, 0.25) is 0 Å². The summed E-state index contributed by atoms with van der Waals surface area (Å²) in [5.74, 6) is 2.29. The Morgan fingerprint density at radius 3 is 1.31 bits per heavy atom. The largest absolute Gasteiger partial charge is 0.491 e. The summed E-state index contributed by atoms with van der Waals surface area (Å²) in [4.78, 5) is 0. The van der Waals surface area contributed by atoms with Gasteiger partial charge in [-0.25, -0.2) is 0 Å². The van der Waals surface area contributed by atoms with E-state index in [1.165, 1.54) is 27.8 Å². The molecule has 5 nitrogen and oxygen atoms in total. The number of hydrogen-bond donors (Lipinski definition) is 1. The minimum Gasteiger partial charge on any atom is -0.491 e. The smallest absolute Gasteiger partial charge is 0.122 e. The minimum absolute atomic E-state index is 0.116. The lowest BCUT2D eigenvalue weighted by molar-refractivity contribution is 0.0626. The third-order valence-corrected chi connectivity index (χ3v) is 8.22. The Balaban J connectivity index is 1.09. The van der Waals surface area contributed by atoms with Crippen LogP contribution in [0.4, 0.5) is 0 Å². The molecule has 1 aliphatic rings. The number of hydrogen-bond acceptors (Lipinski definition) is 5. The summed E-state index contributed by atoms with van der Waals surface area (Å²) in [5.41, 5.74) is 5.80. The molecule has 0 radical (unpaired) electrons. The van der Waals surface area contributed by atoms with Gasteiger partial charge in [0.1, 0.15) is 49.3 Å². The predicted octanol–water partition coefficient (Wildman–Crippen LogP) is 7.24. The highest BCUT2D eigenvalue weighted by Gasteiger charge is 2.25. The van der Waals surface area contributed by atoms with Crippen LogP contribution in [0.5, 0.6) is 17.2 Å². The van der Waals surface area contributed by atoms with Crippen LogP contribution >= 0.6 is 0 Å². The number of aryl methyl sites for hydroxylation is 1. The zero-order valence-electron chi connectivity index (χ0n) is 25.3. The molecule has 2 unspecified atom stereocenters. The molecule has 1 fully saturated rings. The molecule has 220 valence electrons. The van der Waals surface area contributed by atoms with E-state index >= 15 is 0 Å². The van der Waals surface area contributed by atoms with Crippen molar-refractivity contribution in [3.05, 3.63) is 125 Å². The highest BCUT2D eigenvalue weighted by Crippen LogP contribution is 2.34. The lowest BCUT2D eigenvalue weighted by Crippen LogP contribution is -2.25. The summed E-state index contributed by atoms with van der Waals surface area (Å²) in [7, 11) is 0. The van der Waals surface area contributed by atoms with Crippen molar-refractivity contribution in [2.45, 2.75) is 57.7 Å². The fraction of sp³-hybridized carbons (Fsp3) is 0.351. The van der Waals surface area contributed by atoms with Gasteiger partial charge in [0.25, 0.3) is 0 Å². The van der Waals surface area contributed by atoms with Gasteiger partial charge in [-0.2, -0.15) is 0 Å². The van der Waals surface area contributed by atoms with Crippen LogP contribution < -0.4 is 14.2 Å². The van der Waals surface area contributed by atoms with E-state index in [2.05, 4.69) is 95.3 Å². The standard InChI is InChI=1S/C37H42O5/c1-26-6-8-27(9-7-26)36(2,3)28-10-16-32(17-11-28)39-22-31(38)23-40-33-18-12-29(13-19-33)37(4,5)30-14-20-34(21-15-30)41-24-35-25-42-35/h6-21,31,35,38H,22-25H2,1-5H3. The first-order valence-electron chi connectivity index (χ1n) is 14.7. The van der Waals surface area contributed by atoms with Gasteiger partial charge in [0, 0.05) is 10.8 Å². The lowest BCUT2D eigenvalue weighted by Gasteiger charge is -2.26. The first-order valence-corrected chi connectivity index (χ1v) is 14.7. The van der Waals surface area contributed by atoms with Crippen molar-refractivity contribution in [2.24, 2.45) is 0 Å². The van der Waals surface area contributed by atoms with Crippen LogP contribution in [-0.4, -0.2) is 43.7 Å². The molecule has 0 spiro atoms. The van der Waals surface area contributed by atoms with Crippen LogP contribution in [0.1, 0.15) is 55.5 Å². The summed E-state index contributed by atoms with van der Waals surface area (Å²) in [6, 6.07) is 33.1. The molecule has 1 heterocycles. The Bertz CT molecular complexity index is 1420. The Hall–Kier alpha value is -3.80.